The minimum atomic E-state index is -0.241. The zero-order valence-corrected chi connectivity index (χ0v) is 17.5. The van der Waals surface area contributed by atoms with Crippen LogP contribution in [0.3, 0.4) is 0 Å². The first-order chi connectivity index (χ1) is 13.4. The zero-order chi connectivity index (χ0) is 20.5. The molecule has 0 aromatic heterocycles. The van der Waals surface area contributed by atoms with Gasteiger partial charge in [-0.25, -0.2) is 5.43 Å². The summed E-state index contributed by atoms with van der Waals surface area (Å²) in [5.74, 6) is 1.75. The van der Waals surface area contributed by atoms with Crippen LogP contribution in [0.5, 0.6) is 11.5 Å². The molecule has 1 amide bonds. The van der Waals surface area contributed by atoms with Crippen LogP contribution in [0.4, 0.5) is 0 Å². The second-order valence-electron chi connectivity index (χ2n) is 6.85. The van der Waals surface area contributed by atoms with Crippen molar-refractivity contribution in [1.82, 2.24) is 5.43 Å². The van der Waals surface area contributed by atoms with Crippen LogP contribution in [-0.4, -0.2) is 25.3 Å². The third-order valence-corrected chi connectivity index (χ3v) is 4.23. The molecule has 2 rings (SSSR count). The van der Waals surface area contributed by atoms with Gasteiger partial charge in [-0.3, -0.25) is 4.79 Å². The first-order valence-corrected chi connectivity index (χ1v) is 9.70. The van der Waals surface area contributed by atoms with Crippen LogP contribution >= 0.6 is 11.6 Å². The van der Waals surface area contributed by atoms with Crippen molar-refractivity contribution >= 4 is 23.7 Å². The summed E-state index contributed by atoms with van der Waals surface area (Å²) in [6.07, 6.45) is 2.25. The Morgan fingerprint density at radius 2 is 1.86 bits per heavy atom. The third kappa shape index (κ3) is 6.89. The van der Waals surface area contributed by atoms with E-state index in [0.29, 0.717) is 35.5 Å². The number of nitrogens with zero attached hydrogens (tertiary/aromatic N) is 1. The molecule has 2 aromatic carbocycles. The fourth-order valence-corrected chi connectivity index (χ4v) is 2.79. The summed E-state index contributed by atoms with van der Waals surface area (Å²) in [6.45, 7) is 8.82. The maximum absolute atomic E-state index is 10.9. The highest BCUT2D eigenvalue weighted by molar-refractivity contribution is 6.30. The molecule has 0 aliphatic heterocycles. The van der Waals surface area contributed by atoms with Crippen molar-refractivity contribution < 1.29 is 14.3 Å². The number of halogens is 1. The van der Waals surface area contributed by atoms with E-state index in [9.17, 15) is 4.79 Å². The van der Waals surface area contributed by atoms with Gasteiger partial charge in [-0.15, -0.1) is 0 Å². The van der Waals surface area contributed by atoms with Crippen LogP contribution in [-0.2, 0) is 4.79 Å². The Morgan fingerprint density at radius 3 is 2.54 bits per heavy atom. The minimum absolute atomic E-state index is 0.241. The SMILES string of the molecule is CC(=O)N/N=C\c1cc(Cl)ccc1OCCCOc1cc(C)ccc1C(C)C. The van der Waals surface area contributed by atoms with Gasteiger partial charge in [0.2, 0.25) is 5.91 Å². The molecule has 6 heteroatoms. The van der Waals surface area contributed by atoms with E-state index in [1.807, 2.05) is 0 Å². The summed E-state index contributed by atoms with van der Waals surface area (Å²) < 4.78 is 11.8. The van der Waals surface area contributed by atoms with Crippen molar-refractivity contribution in [3.63, 3.8) is 0 Å². The molecule has 2 aromatic rings. The number of aryl methyl sites for hydroxylation is 1. The van der Waals surface area contributed by atoms with Crippen molar-refractivity contribution in [2.45, 2.75) is 40.0 Å². The van der Waals surface area contributed by atoms with Crippen molar-refractivity contribution in [2.24, 2.45) is 5.10 Å². The van der Waals surface area contributed by atoms with Crippen molar-refractivity contribution in [2.75, 3.05) is 13.2 Å². The molecule has 1 N–H and O–H groups in total. The van der Waals surface area contributed by atoms with Crippen LogP contribution in [0.25, 0.3) is 0 Å². The number of nitrogens with one attached hydrogen (secondary N) is 1. The zero-order valence-electron chi connectivity index (χ0n) is 16.8. The Morgan fingerprint density at radius 1 is 1.14 bits per heavy atom. The van der Waals surface area contributed by atoms with Crippen LogP contribution in [0.15, 0.2) is 41.5 Å². The van der Waals surface area contributed by atoms with Crippen molar-refractivity contribution in [3.8, 4) is 11.5 Å². The molecule has 0 heterocycles. The van der Waals surface area contributed by atoms with Gasteiger partial charge >= 0.3 is 0 Å². The maximum Gasteiger partial charge on any atom is 0.236 e. The summed E-state index contributed by atoms with van der Waals surface area (Å²) in [4.78, 5) is 10.9. The van der Waals surface area contributed by atoms with E-state index in [0.717, 1.165) is 12.2 Å². The van der Waals surface area contributed by atoms with Crippen molar-refractivity contribution in [3.05, 3.63) is 58.1 Å². The van der Waals surface area contributed by atoms with Gasteiger partial charge in [-0.1, -0.05) is 37.6 Å². The van der Waals surface area contributed by atoms with Crippen LogP contribution < -0.4 is 14.9 Å². The number of hydrogen-bond donors (Lipinski definition) is 1. The smallest absolute Gasteiger partial charge is 0.236 e. The Bertz CT molecular complexity index is 835. The minimum Gasteiger partial charge on any atom is -0.493 e. The number of ether oxygens (including phenoxy) is 2. The van der Waals surface area contributed by atoms with Crippen molar-refractivity contribution in [1.29, 1.82) is 0 Å². The second-order valence-corrected chi connectivity index (χ2v) is 7.29. The van der Waals surface area contributed by atoms with E-state index in [2.05, 4.69) is 49.5 Å². The normalized spacial score (nSPS) is 11.1. The first-order valence-electron chi connectivity index (χ1n) is 9.32. The van der Waals surface area contributed by atoms with E-state index in [1.165, 1.54) is 24.3 Å². The molecule has 0 saturated heterocycles. The molecule has 0 atom stereocenters. The summed E-state index contributed by atoms with van der Waals surface area (Å²) in [7, 11) is 0. The van der Waals surface area contributed by atoms with Crippen LogP contribution in [0.2, 0.25) is 5.02 Å². The van der Waals surface area contributed by atoms with Gasteiger partial charge in [0, 0.05) is 23.9 Å². The first kappa shape index (κ1) is 21.8. The summed E-state index contributed by atoms with van der Waals surface area (Å²) >= 11 is 6.04. The van der Waals surface area contributed by atoms with E-state index >= 15 is 0 Å². The maximum atomic E-state index is 10.9. The van der Waals surface area contributed by atoms with Gasteiger partial charge in [0.1, 0.15) is 11.5 Å². The number of rotatable bonds is 9. The molecule has 0 saturated carbocycles. The molecule has 28 heavy (non-hydrogen) atoms. The summed E-state index contributed by atoms with van der Waals surface area (Å²) in [6, 6.07) is 11.6. The second kappa shape index (κ2) is 10.7. The number of carbonyl (C=O) groups excluding carboxylic acids is 1. The standard InChI is InChI=1S/C22H27ClN2O3/c1-15(2)20-8-6-16(3)12-22(20)28-11-5-10-27-21-9-7-19(23)13-18(21)14-24-25-17(4)26/h6-9,12-15H,5,10-11H2,1-4H3,(H,25,26)/b24-14-. The lowest BCUT2D eigenvalue weighted by Crippen LogP contribution is -2.12. The average Bonchev–Trinajstić information content (AvgIpc) is 2.62. The highest BCUT2D eigenvalue weighted by Crippen LogP contribution is 2.27. The van der Waals surface area contributed by atoms with Gasteiger partial charge in [0.15, 0.2) is 0 Å². The fraction of sp³-hybridized carbons (Fsp3) is 0.364. The molecule has 0 spiro atoms. The molecule has 0 bridgehead atoms. The number of benzene rings is 2. The number of hydrazone groups is 1. The molecule has 0 aliphatic carbocycles. The van der Waals surface area contributed by atoms with Gasteiger partial charge in [-0.2, -0.15) is 5.10 Å². The highest BCUT2D eigenvalue weighted by Gasteiger charge is 2.08. The number of hydrogen-bond acceptors (Lipinski definition) is 4. The molecule has 0 unspecified atom stereocenters. The van der Waals surface area contributed by atoms with E-state index in [-0.39, 0.29) is 5.91 Å². The van der Waals surface area contributed by atoms with Crippen LogP contribution in [0.1, 0.15) is 49.8 Å². The monoisotopic (exact) mass is 402 g/mol. The lowest BCUT2D eigenvalue weighted by Gasteiger charge is -2.15. The van der Waals surface area contributed by atoms with E-state index in [1.54, 1.807) is 18.2 Å². The van der Waals surface area contributed by atoms with Gasteiger partial charge in [0.25, 0.3) is 0 Å². The molecule has 0 aliphatic rings. The van der Waals surface area contributed by atoms with Gasteiger partial charge in [-0.05, 0) is 48.2 Å². The van der Waals surface area contributed by atoms with Gasteiger partial charge < -0.3 is 9.47 Å². The summed E-state index contributed by atoms with van der Waals surface area (Å²) in [5.41, 5.74) is 5.45. The van der Waals surface area contributed by atoms with Gasteiger partial charge in [0.05, 0.1) is 19.4 Å². The largest absolute Gasteiger partial charge is 0.493 e. The quantitative estimate of drug-likeness (QED) is 0.361. The predicted octanol–water partition coefficient (Wildman–Crippen LogP) is 5.09. The predicted molar refractivity (Wildman–Crippen MR) is 114 cm³/mol. The third-order valence-electron chi connectivity index (χ3n) is 3.99. The summed E-state index contributed by atoms with van der Waals surface area (Å²) in [5, 5.41) is 4.44. The number of amides is 1. The molecule has 0 radical (unpaired) electrons. The molecule has 0 fully saturated rings. The molecular formula is C22H27ClN2O3. The fourth-order valence-electron chi connectivity index (χ4n) is 2.61. The van der Waals surface area contributed by atoms with E-state index in [4.69, 9.17) is 21.1 Å². The molecule has 150 valence electrons. The lowest BCUT2D eigenvalue weighted by molar-refractivity contribution is -0.118. The van der Waals surface area contributed by atoms with E-state index < -0.39 is 0 Å². The lowest BCUT2D eigenvalue weighted by atomic mass is 10.0. The molecule has 5 nitrogen and oxygen atoms in total. The highest BCUT2D eigenvalue weighted by atomic mass is 35.5. The average molecular weight is 403 g/mol. The Kier molecular flexibility index (Phi) is 8.33. The Balaban J connectivity index is 1.90. The topological polar surface area (TPSA) is 59.9 Å². The Labute approximate surface area is 171 Å². The Hall–Kier alpha value is -2.53. The molecular weight excluding hydrogens is 376 g/mol. The van der Waals surface area contributed by atoms with Crippen LogP contribution in [0, 0.1) is 6.92 Å². The number of carbonyl (C=O) groups is 1.